The predicted octanol–water partition coefficient (Wildman–Crippen LogP) is 3.04. The van der Waals surface area contributed by atoms with Gasteiger partial charge in [-0.05, 0) is 30.5 Å². The Morgan fingerprint density at radius 3 is 2.33 bits per heavy atom. The summed E-state index contributed by atoms with van der Waals surface area (Å²) >= 11 is 3.31. The Morgan fingerprint density at radius 1 is 1.22 bits per heavy atom. The molecule has 0 aliphatic carbocycles. The Balaban J connectivity index is 2.84. The normalized spacial score (nSPS) is 12.0. The number of nitrogens with zero attached hydrogens (tertiary/aromatic N) is 1. The molecule has 0 aliphatic rings. The van der Waals surface area contributed by atoms with Gasteiger partial charge in [-0.15, -0.1) is 0 Å². The van der Waals surface area contributed by atoms with Crippen LogP contribution in [0.15, 0.2) is 29.2 Å². The van der Waals surface area contributed by atoms with Gasteiger partial charge in [-0.3, -0.25) is 0 Å². The van der Waals surface area contributed by atoms with Crippen LogP contribution in [0, 0.1) is 0 Å². The summed E-state index contributed by atoms with van der Waals surface area (Å²) in [6, 6.07) is 7.19. The molecule has 0 atom stereocenters. The number of rotatable bonds is 7. The molecule has 0 aliphatic heterocycles. The number of halogens is 1. The summed E-state index contributed by atoms with van der Waals surface area (Å²) < 4.78 is 25.8. The zero-order valence-electron chi connectivity index (χ0n) is 10.9. The van der Waals surface area contributed by atoms with Crippen LogP contribution >= 0.6 is 15.9 Å². The maximum Gasteiger partial charge on any atom is 0.242 e. The minimum atomic E-state index is -3.33. The van der Waals surface area contributed by atoms with Crippen molar-refractivity contribution in [2.45, 2.75) is 31.1 Å². The lowest BCUT2D eigenvalue weighted by Gasteiger charge is -2.16. The van der Waals surface area contributed by atoms with Crippen LogP contribution in [-0.2, 0) is 16.4 Å². The van der Waals surface area contributed by atoms with E-state index in [0.29, 0.717) is 11.4 Å². The minimum Gasteiger partial charge on any atom is -0.207 e. The summed E-state index contributed by atoms with van der Waals surface area (Å²) in [5, 5.41) is 0.808. The van der Waals surface area contributed by atoms with Crippen molar-refractivity contribution in [1.82, 2.24) is 4.31 Å². The second-order valence-electron chi connectivity index (χ2n) is 4.26. The Morgan fingerprint density at radius 2 is 1.83 bits per heavy atom. The molecule has 0 heterocycles. The van der Waals surface area contributed by atoms with E-state index in [9.17, 15) is 8.42 Å². The predicted molar refractivity (Wildman–Crippen MR) is 78.7 cm³/mol. The summed E-state index contributed by atoms with van der Waals surface area (Å²) in [6.45, 7) is 2.64. The molecule has 102 valence electrons. The van der Waals surface area contributed by atoms with Gasteiger partial charge in [0, 0.05) is 18.9 Å². The van der Waals surface area contributed by atoms with Gasteiger partial charge in [-0.2, -0.15) is 0 Å². The van der Waals surface area contributed by atoms with Gasteiger partial charge in [0.15, 0.2) is 0 Å². The van der Waals surface area contributed by atoms with E-state index in [4.69, 9.17) is 0 Å². The minimum absolute atomic E-state index is 0.374. The third-order valence-electron chi connectivity index (χ3n) is 2.78. The van der Waals surface area contributed by atoms with Crippen molar-refractivity contribution < 1.29 is 8.42 Å². The van der Waals surface area contributed by atoms with Gasteiger partial charge in [0.25, 0.3) is 0 Å². The number of alkyl halides is 1. The molecule has 0 bridgehead atoms. The van der Waals surface area contributed by atoms with Crippen molar-refractivity contribution in [2.24, 2.45) is 0 Å². The average Bonchev–Trinajstić information content (AvgIpc) is 2.37. The molecular formula is C13H20BrNO2S. The lowest BCUT2D eigenvalue weighted by molar-refractivity contribution is 0.470. The molecule has 0 unspecified atom stereocenters. The smallest absolute Gasteiger partial charge is 0.207 e. The molecule has 0 radical (unpaired) electrons. The summed E-state index contributed by atoms with van der Waals surface area (Å²) in [7, 11) is -1.71. The quantitative estimate of drug-likeness (QED) is 0.719. The molecule has 1 rings (SSSR count). The first-order valence-corrected chi connectivity index (χ1v) is 8.69. The summed E-state index contributed by atoms with van der Waals surface area (Å²) in [5.41, 5.74) is 1.18. The summed E-state index contributed by atoms with van der Waals surface area (Å²) in [4.78, 5) is 0.374. The Hall–Kier alpha value is -0.390. The number of sulfonamides is 1. The Kier molecular flexibility index (Phi) is 6.32. The maximum absolute atomic E-state index is 12.2. The van der Waals surface area contributed by atoms with E-state index in [1.54, 1.807) is 19.2 Å². The van der Waals surface area contributed by atoms with E-state index in [1.807, 2.05) is 12.1 Å². The van der Waals surface area contributed by atoms with Gasteiger partial charge in [-0.25, -0.2) is 12.7 Å². The number of hydrogen-bond donors (Lipinski definition) is 0. The lowest BCUT2D eigenvalue weighted by Crippen LogP contribution is -2.28. The van der Waals surface area contributed by atoms with Crippen molar-refractivity contribution in [1.29, 1.82) is 0 Å². The van der Waals surface area contributed by atoms with Crippen LogP contribution in [0.4, 0.5) is 0 Å². The van der Waals surface area contributed by atoms with Gasteiger partial charge in [0.2, 0.25) is 10.0 Å². The van der Waals surface area contributed by atoms with E-state index in [2.05, 4.69) is 22.9 Å². The van der Waals surface area contributed by atoms with Gasteiger partial charge in [-0.1, -0.05) is 41.4 Å². The Bertz CT molecular complexity index is 456. The average molecular weight is 334 g/mol. The summed E-state index contributed by atoms with van der Waals surface area (Å²) in [5.74, 6) is 0. The second kappa shape index (κ2) is 7.26. The zero-order valence-corrected chi connectivity index (χ0v) is 13.3. The molecule has 0 spiro atoms. The molecule has 1 aromatic carbocycles. The second-order valence-corrected chi connectivity index (χ2v) is 7.10. The molecule has 18 heavy (non-hydrogen) atoms. The van der Waals surface area contributed by atoms with Crippen LogP contribution in [0.1, 0.15) is 25.3 Å². The third kappa shape index (κ3) is 4.07. The molecule has 3 nitrogen and oxygen atoms in total. The first-order chi connectivity index (χ1) is 8.52. The van der Waals surface area contributed by atoms with Crippen molar-refractivity contribution in [3.8, 4) is 0 Å². The first kappa shape index (κ1) is 15.7. The molecule has 1 aromatic rings. The molecule has 0 amide bonds. The molecule has 0 fully saturated rings. The number of benzene rings is 1. The SMILES string of the molecule is CCCc1ccc(S(=O)(=O)N(C)CCCBr)cc1. The third-order valence-corrected chi connectivity index (χ3v) is 5.21. The maximum atomic E-state index is 12.2. The topological polar surface area (TPSA) is 37.4 Å². The van der Waals surface area contributed by atoms with Crippen LogP contribution in [0.3, 0.4) is 0 Å². The fraction of sp³-hybridized carbons (Fsp3) is 0.538. The lowest BCUT2D eigenvalue weighted by atomic mass is 10.1. The van der Waals surface area contributed by atoms with Crippen molar-refractivity contribution >= 4 is 26.0 Å². The Labute approximate surface area is 118 Å². The van der Waals surface area contributed by atoms with Gasteiger partial charge >= 0.3 is 0 Å². The number of aryl methyl sites for hydroxylation is 1. The van der Waals surface area contributed by atoms with Crippen molar-refractivity contribution in [2.75, 3.05) is 18.9 Å². The first-order valence-electron chi connectivity index (χ1n) is 6.13. The zero-order chi connectivity index (χ0) is 13.6. The van der Waals surface area contributed by atoms with E-state index in [0.717, 1.165) is 24.6 Å². The molecular weight excluding hydrogens is 314 g/mol. The highest BCUT2D eigenvalue weighted by atomic mass is 79.9. The van der Waals surface area contributed by atoms with Crippen LogP contribution in [-0.4, -0.2) is 31.6 Å². The van der Waals surface area contributed by atoms with E-state index in [1.165, 1.54) is 9.87 Å². The van der Waals surface area contributed by atoms with Crippen LogP contribution in [0.25, 0.3) is 0 Å². The van der Waals surface area contributed by atoms with Gasteiger partial charge in [0.05, 0.1) is 4.90 Å². The standard InChI is InChI=1S/C13H20BrNO2S/c1-3-5-12-6-8-13(9-7-12)18(16,17)15(2)11-4-10-14/h6-9H,3-5,10-11H2,1-2H3. The van der Waals surface area contributed by atoms with Crippen LogP contribution in [0.2, 0.25) is 0 Å². The van der Waals surface area contributed by atoms with Gasteiger partial charge in [0.1, 0.15) is 0 Å². The highest BCUT2D eigenvalue weighted by Gasteiger charge is 2.19. The van der Waals surface area contributed by atoms with Crippen molar-refractivity contribution in [3.63, 3.8) is 0 Å². The monoisotopic (exact) mass is 333 g/mol. The van der Waals surface area contributed by atoms with E-state index >= 15 is 0 Å². The van der Waals surface area contributed by atoms with Crippen LogP contribution in [0.5, 0.6) is 0 Å². The van der Waals surface area contributed by atoms with Crippen LogP contribution < -0.4 is 0 Å². The van der Waals surface area contributed by atoms with E-state index < -0.39 is 10.0 Å². The number of hydrogen-bond acceptors (Lipinski definition) is 2. The fourth-order valence-electron chi connectivity index (χ4n) is 1.70. The molecule has 5 heteroatoms. The molecule has 0 aromatic heterocycles. The largest absolute Gasteiger partial charge is 0.242 e. The highest BCUT2D eigenvalue weighted by Crippen LogP contribution is 2.16. The fourth-order valence-corrected chi connectivity index (χ4v) is 3.16. The van der Waals surface area contributed by atoms with Gasteiger partial charge < -0.3 is 0 Å². The highest BCUT2D eigenvalue weighted by molar-refractivity contribution is 9.09. The van der Waals surface area contributed by atoms with E-state index in [-0.39, 0.29) is 0 Å². The molecule has 0 N–H and O–H groups in total. The molecule has 0 saturated heterocycles. The summed E-state index contributed by atoms with van der Waals surface area (Å²) in [6.07, 6.45) is 2.86. The molecule has 0 saturated carbocycles. The van der Waals surface area contributed by atoms with Crippen molar-refractivity contribution in [3.05, 3.63) is 29.8 Å².